The van der Waals surface area contributed by atoms with Gasteiger partial charge in [0.15, 0.2) is 0 Å². The third kappa shape index (κ3) is 3.92. The number of nitrogen functional groups attached to an aromatic ring is 1. The largest absolute Gasteiger partial charge is 0.481 e. The van der Waals surface area contributed by atoms with Crippen LogP contribution >= 0.6 is 0 Å². The van der Waals surface area contributed by atoms with E-state index in [1.54, 1.807) is 24.5 Å². The lowest BCUT2D eigenvalue weighted by molar-refractivity contribution is -0.139. The van der Waals surface area contributed by atoms with Crippen LogP contribution < -0.4 is 11.1 Å². The van der Waals surface area contributed by atoms with Crippen molar-refractivity contribution < 1.29 is 27.9 Å². The Bertz CT molecular complexity index is 1580. The summed E-state index contributed by atoms with van der Waals surface area (Å²) in [6.45, 7) is 0. The van der Waals surface area contributed by atoms with Gasteiger partial charge in [0.25, 0.3) is 5.91 Å². The van der Waals surface area contributed by atoms with E-state index in [2.05, 4.69) is 15.3 Å². The second kappa shape index (κ2) is 8.54. The molecule has 4 atom stereocenters. The van der Waals surface area contributed by atoms with Crippen molar-refractivity contribution in [1.82, 2.24) is 19.4 Å². The molecule has 4 N–H and O–H groups in total. The number of benzene rings is 1. The standard InChI is InChI=1S/C26H21F3N6O3/c27-26(28,29)14-7-8-31-17(11-14)33-24(36)13-3-1-12(2-4-13)20-21-22(30)32-9-10-35(21)23(34-20)16-6-5-15-18(16)19(15)25(37)38/h1-4,7-11,15-16,18-19H,5-6H2,(H2,30,32)(H,37,38)(H,31,33,36)/t15-,16+,18-,19+/m1/s1. The Morgan fingerprint density at radius 2 is 1.84 bits per heavy atom. The molecule has 0 spiro atoms. The molecule has 0 aliphatic heterocycles. The van der Waals surface area contributed by atoms with E-state index < -0.39 is 23.6 Å². The molecule has 2 aliphatic carbocycles. The maximum absolute atomic E-state index is 13.0. The Morgan fingerprint density at radius 1 is 1.08 bits per heavy atom. The molecule has 0 saturated heterocycles. The van der Waals surface area contributed by atoms with Gasteiger partial charge in [0.1, 0.15) is 28.7 Å². The number of carbonyl (C=O) groups excluding carboxylic acids is 1. The third-order valence-corrected chi connectivity index (χ3v) is 7.48. The van der Waals surface area contributed by atoms with Gasteiger partial charge >= 0.3 is 12.1 Å². The first-order chi connectivity index (χ1) is 18.1. The van der Waals surface area contributed by atoms with Crippen LogP contribution in [0.2, 0.25) is 0 Å². The Morgan fingerprint density at radius 3 is 2.53 bits per heavy atom. The lowest BCUT2D eigenvalue weighted by atomic mass is 9.99. The molecule has 6 rings (SSSR count). The topological polar surface area (TPSA) is 136 Å². The van der Waals surface area contributed by atoms with Gasteiger partial charge in [-0.15, -0.1) is 0 Å². The fourth-order valence-corrected chi connectivity index (χ4v) is 5.73. The number of aliphatic carboxylic acids is 1. The highest BCUT2D eigenvalue weighted by atomic mass is 19.4. The van der Waals surface area contributed by atoms with Crippen LogP contribution in [0.15, 0.2) is 55.0 Å². The van der Waals surface area contributed by atoms with Crippen molar-refractivity contribution in [3.05, 3.63) is 71.9 Å². The normalized spacial score (nSPS) is 22.3. The van der Waals surface area contributed by atoms with Gasteiger partial charge in [-0.3, -0.25) is 14.0 Å². The first-order valence-electron chi connectivity index (χ1n) is 11.9. The SMILES string of the molecule is Nc1nccn2c([C@H]3CC[C@H]4[C@H](C(=O)O)[C@H]43)nc(-c3ccc(C(=O)Nc4cc(C(F)(F)F)ccn4)cc3)c12. The molecule has 194 valence electrons. The molecular weight excluding hydrogens is 501 g/mol. The molecule has 0 bridgehead atoms. The molecular formula is C26H21F3N6O3. The fraction of sp³-hybridized carbons (Fsp3) is 0.269. The summed E-state index contributed by atoms with van der Waals surface area (Å²) in [5.74, 6) is -0.787. The summed E-state index contributed by atoms with van der Waals surface area (Å²) >= 11 is 0. The van der Waals surface area contributed by atoms with Crippen LogP contribution in [0.1, 0.15) is 40.5 Å². The number of carbonyl (C=O) groups is 2. The molecule has 2 saturated carbocycles. The number of pyridine rings is 1. The monoisotopic (exact) mass is 522 g/mol. The van der Waals surface area contributed by atoms with E-state index in [1.807, 2.05) is 4.40 Å². The maximum atomic E-state index is 13.0. The number of alkyl halides is 3. The summed E-state index contributed by atoms with van der Waals surface area (Å²) in [6.07, 6.45) is 1.42. The minimum absolute atomic E-state index is 0.0193. The maximum Gasteiger partial charge on any atom is 0.416 e. The number of nitrogens with zero attached hydrogens (tertiary/aromatic N) is 4. The number of amides is 1. The summed E-state index contributed by atoms with van der Waals surface area (Å²) in [5.41, 5.74) is 7.30. The van der Waals surface area contributed by atoms with E-state index in [4.69, 9.17) is 10.7 Å². The van der Waals surface area contributed by atoms with Gasteiger partial charge in [0.05, 0.1) is 11.5 Å². The molecule has 0 radical (unpaired) electrons. The van der Waals surface area contributed by atoms with Crippen LogP contribution in [-0.2, 0) is 11.0 Å². The predicted molar refractivity (Wildman–Crippen MR) is 130 cm³/mol. The quantitative estimate of drug-likeness (QED) is 0.352. The van der Waals surface area contributed by atoms with Gasteiger partial charge in [-0.25, -0.2) is 15.0 Å². The molecule has 2 fully saturated rings. The van der Waals surface area contributed by atoms with Crippen LogP contribution in [-0.4, -0.2) is 36.3 Å². The zero-order valence-corrected chi connectivity index (χ0v) is 19.7. The number of nitrogens with one attached hydrogen (secondary N) is 1. The molecule has 3 aromatic heterocycles. The average Bonchev–Trinajstić information content (AvgIpc) is 3.23. The number of hydrogen-bond acceptors (Lipinski definition) is 6. The molecule has 3 heterocycles. The molecule has 0 unspecified atom stereocenters. The van der Waals surface area contributed by atoms with Crippen LogP contribution in [0.25, 0.3) is 16.8 Å². The van der Waals surface area contributed by atoms with Crippen LogP contribution in [0.4, 0.5) is 24.8 Å². The summed E-state index contributed by atoms with van der Waals surface area (Å²) in [6, 6.07) is 7.99. The Hall–Kier alpha value is -4.48. The van der Waals surface area contributed by atoms with Crippen molar-refractivity contribution in [3.63, 3.8) is 0 Å². The van der Waals surface area contributed by atoms with E-state index in [0.717, 1.165) is 37.0 Å². The number of fused-ring (bicyclic) bond motifs is 2. The number of rotatable bonds is 5. The molecule has 4 aromatic rings. The summed E-state index contributed by atoms with van der Waals surface area (Å²) < 4.78 is 40.8. The van der Waals surface area contributed by atoms with Crippen LogP contribution in [0, 0.1) is 17.8 Å². The Kier molecular flexibility index (Phi) is 5.37. The smallest absolute Gasteiger partial charge is 0.416 e. The number of anilines is 2. The number of carboxylic acids is 1. The Balaban J connectivity index is 1.29. The second-order valence-electron chi connectivity index (χ2n) is 9.60. The van der Waals surface area contributed by atoms with Gasteiger partial charge < -0.3 is 16.2 Å². The molecule has 2 aliphatic rings. The van der Waals surface area contributed by atoms with Gasteiger partial charge in [0, 0.05) is 35.6 Å². The van der Waals surface area contributed by atoms with Crippen molar-refractivity contribution in [3.8, 4) is 11.3 Å². The number of aromatic nitrogens is 4. The van der Waals surface area contributed by atoms with Crippen molar-refractivity contribution in [2.24, 2.45) is 17.8 Å². The van der Waals surface area contributed by atoms with Crippen molar-refractivity contribution in [2.75, 3.05) is 11.1 Å². The molecule has 9 nitrogen and oxygen atoms in total. The predicted octanol–water partition coefficient (Wildman–Crippen LogP) is 4.47. The van der Waals surface area contributed by atoms with Crippen LogP contribution in [0.3, 0.4) is 0 Å². The van der Waals surface area contributed by atoms with Gasteiger partial charge in [-0.05, 0) is 48.9 Å². The van der Waals surface area contributed by atoms with Gasteiger partial charge in [-0.2, -0.15) is 13.2 Å². The van der Waals surface area contributed by atoms with E-state index in [-0.39, 0.29) is 40.9 Å². The number of imidazole rings is 1. The minimum Gasteiger partial charge on any atom is -0.481 e. The van der Waals surface area contributed by atoms with E-state index in [1.165, 1.54) is 12.1 Å². The number of nitrogens with two attached hydrogens (primary N) is 1. The molecule has 38 heavy (non-hydrogen) atoms. The van der Waals surface area contributed by atoms with E-state index in [9.17, 15) is 27.9 Å². The first-order valence-corrected chi connectivity index (χ1v) is 11.9. The zero-order chi connectivity index (χ0) is 26.8. The highest BCUT2D eigenvalue weighted by molar-refractivity contribution is 6.04. The summed E-state index contributed by atoms with van der Waals surface area (Å²) in [5, 5.41) is 11.9. The lowest BCUT2D eigenvalue weighted by Gasteiger charge is -2.12. The van der Waals surface area contributed by atoms with Crippen molar-refractivity contribution in [2.45, 2.75) is 24.9 Å². The summed E-state index contributed by atoms with van der Waals surface area (Å²) in [7, 11) is 0. The number of carboxylic acid groups (broad SMARTS) is 1. The summed E-state index contributed by atoms with van der Waals surface area (Å²) in [4.78, 5) is 37.1. The van der Waals surface area contributed by atoms with Gasteiger partial charge in [0.2, 0.25) is 0 Å². The highest BCUT2D eigenvalue weighted by Crippen LogP contribution is 2.63. The average molecular weight is 522 g/mol. The third-order valence-electron chi connectivity index (χ3n) is 7.48. The fourth-order valence-electron chi connectivity index (χ4n) is 5.73. The number of hydrogen-bond donors (Lipinski definition) is 3. The second-order valence-corrected chi connectivity index (χ2v) is 9.60. The van der Waals surface area contributed by atoms with Crippen molar-refractivity contribution >= 4 is 29.0 Å². The molecule has 1 amide bonds. The lowest BCUT2D eigenvalue weighted by Crippen LogP contribution is -2.14. The van der Waals surface area contributed by atoms with Crippen molar-refractivity contribution in [1.29, 1.82) is 0 Å². The Labute approximate surface area is 213 Å². The zero-order valence-electron chi connectivity index (χ0n) is 19.7. The first kappa shape index (κ1) is 23.9. The number of halogens is 3. The highest BCUT2D eigenvalue weighted by Gasteiger charge is 2.62. The van der Waals surface area contributed by atoms with Crippen LogP contribution in [0.5, 0.6) is 0 Å². The van der Waals surface area contributed by atoms with Gasteiger partial charge in [-0.1, -0.05) is 12.1 Å². The van der Waals surface area contributed by atoms with E-state index >= 15 is 0 Å². The van der Waals surface area contributed by atoms with E-state index in [0.29, 0.717) is 16.8 Å². The molecule has 1 aromatic carbocycles. The minimum atomic E-state index is -4.56. The molecule has 12 heteroatoms.